The van der Waals surface area contributed by atoms with E-state index >= 15 is 0 Å². The Morgan fingerprint density at radius 3 is 2.41 bits per heavy atom. The largest absolute Gasteiger partial charge is 0.454 e. The van der Waals surface area contributed by atoms with Crippen molar-refractivity contribution in [1.82, 2.24) is 0 Å². The second kappa shape index (κ2) is 4.94. The summed E-state index contributed by atoms with van der Waals surface area (Å²) in [6.45, 7) is 6.99. The van der Waals surface area contributed by atoms with Gasteiger partial charge in [-0.2, -0.15) is 0 Å². The van der Waals surface area contributed by atoms with E-state index < -0.39 is 0 Å². The quantitative estimate of drug-likeness (QED) is 0.466. The minimum atomic E-state index is 0.632. The predicted octanol–water partition coefficient (Wildman–Crippen LogP) is 5.88. The van der Waals surface area contributed by atoms with Crippen LogP contribution in [0.2, 0.25) is 0 Å². The Bertz CT molecular complexity index is 1010. The highest BCUT2D eigenvalue weighted by atomic mass is 16.3. The molecule has 3 aromatic carbocycles. The molecule has 0 aliphatic heterocycles. The molecule has 1 N–H and O–H groups in total. The van der Waals surface area contributed by atoms with Crippen molar-refractivity contribution in [3.63, 3.8) is 0 Å². The maximum atomic E-state index is 6.99. The van der Waals surface area contributed by atoms with Crippen LogP contribution in [0.1, 0.15) is 0 Å². The number of fused-ring (bicyclic) bond motifs is 3. The highest BCUT2D eigenvalue weighted by Gasteiger charge is 2.10. The topological polar surface area (TPSA) is 29.5 Å². The number of hydrogen-bond donors (Lipinski definition) is 1. The zero-order valence-corrected chi connectivity index (χ0v) is 11.7. The Morgan fingerprint density at radius 2 is 1.59 bits per heavy atom. The first-order valence-electron chi connectivity index (χ1n) is 7.00. The van der Waals surface area contributed by atoms with Gasteiger partial charge in [-0.05, 0) is 24.3 Å². The summed E-state index contributed by atoms with van der Waals surface area (Å²) in [5, 5.41) is 5.57. The maximum Gasteiger partial charge on any atom is 0.187 e. The molecular weight excluding hydrogens is 272 g/mol. The molecule has 0 amide bonds. The van der Waals surface area contributed by atoms with Crippen LogP contribution in [0, 0.1) is 6.57 Å². The number of nitrogens with zero attached hydrogens (tertiary/aromatic N) is 1. The Morgan fingerprint density at radius 1 is 0.818 bits per heavy atom. The molecule has 0 saturated carbocycles. The van der Waals surface area contributed by atoms with Gasteiger partial charge < -0.3 is 9.73 Å². The molecule has 0 bridgehead atoms. The average Bonchev–Trinajstić information content (AvgIpc) is 2.95. The fraction of sp³-hybridized carbons (Fsp3) is 0. The first kappa shape index (κ1) is 12.5. The molecule has 0 unspecified atom stereocenters. The van der Waals surface area contributed by atoms with Crippen molar-refractivity contribution in [2.24, 2.45) is 0 Å². The van der Waals surface area contributed by atoms with Crippen molar-refractivity contribution in [3.8, 4) is 0 Å². The zero-order valence-electron chi connectivity index (χ0n) is 11.7. The van der Waals surface area contributed by atoms with Gasteiger partial charge in [0.1, 0.15) is 5.58 Å². The number of rotatable bonds is 2. The fourth-order valence-corrected chi connectivity index (χ4v) is 2.62. The van der Waals surface area contributed by atoms with E-state index in [4.69, 9.17) is 11.0 Å². The summed E-state index contributed by atoms with van der Waals surface area (Å²) in [5.41, 5.74) is 4.21. The van der Waals surface area contributed by atoms with Crippen molar-refractivity contribution < 1.29 is 4.42 Å². The Balaban J connectivity index is 1.82. The van der Waals surface area contributed by atoms with Crippen molar-refractivity contribution >= 4 is 39.0 Å². The molecule has 22 heavy (non-hydrogen) atoms. The third kappa shape index (κ3) is 1.99. The van der Waals surface area contributed by atoms with Crippen molar-refractivity contribution in [3.05, 3.63) is 78.1 Å². The monoisotopic (exact) mass is 284 g/mol. The molecule has 0 spiro atoms. The van der Waals surface area contributed by atoms with Crippen LogP contribution in [0.5, 0.6) is 0 Å². The summed E-state index contributed by atoms with van der Waals surface area (Å²) in [5.74, 6) is 0. The van der Waals surface area contributed by atoms with Crippen LogP contribution in [0.25, 0.3) is 26.8 Å². The first-order chi connectivity index (χ1) is 10.8. The molecule has 3 heteroatoms. The molecule has 104 valence electrons. The van der Waals surface area contributed by atoms with E-state index in [0.717, 1.165) is 33.3 Å². The van der Waals surface area contributed by atoms with Gasteiger partial charge in [-0.25, -0.2) is 4.85 Å². The number of para-hydroxylation sites is 2. The molecule has 1 aromatic heterocycles. The molecule has 4 aromatic rings. The Hall–Kier alpha value is -3.25. The van der Waals surface area contributed by atoms with Gasteiger partial charge in [0.15, 0.2) is 11.3 Å². The van der Waals surface area contributed by atoms with Gasteiger partial charge in [0.2, 0.25) is 0 Å². The third-order valence-corrected chi connectivity index (χ3v) is 3.68. The van der Waals surface area contributed by atoms with Crippen molar-refractivity contribution in [2.45, 2.75) is 0 Å². The average molecular weight is 284 g/mol. The maximum absolute atomic E-state index is 6.99. The van der Waals surface area contributed by atoms with E-state index in [1.165, 1.54) is 0 Å². The SMILES string of the molecule is [C-]#[N+]c1ccc(Nc2cccc3c2oc2ccccc23)cc1. The summed E-state index contributed by atoms with van der Waals surface area (Å²) < 4.78 is 5.99. The van der Waals surface area contributed by atoms with Gasteiger partial charge in [0.05, 0.1) is 12.3 Å². The summed E-state index contributed by atoms with van der Waals surface area (Å²) in [6, 6.07) is 21.5. The van der Waals surface area contributed by atoms with E-state index in [1.807, 2.05) is 42.5 Å². The number of hydrogen-bond acceptors (Lipinski definition) is 2. The smallest absolute Gasteiger partial charge is 0.187 e. The van der Waals surface area contributed by atoms with Crippen molar-refractivity contribution in [1.29, 1.82) is 0 Å². The van der Waals surface area contributed by atoms with Gasteiger partial charge in [0.25, 0.3) is 0 Å². The number of nitrogens with one attached hydrogen (secondary N) is 1. The predicted molar refractivity (Wildman–Crippen MR) is 89.7 cm³/mol. The van der Waals surface area contributed by atoms with E-state index in [0.29, 0.717) is 5.69 Å². The molecule has 0 atom stereocenters. The first-order valence-corrected chi connectivity index (χ1v) is 7.00. The van der Waals surface area contributed by atoms with Crippen LogP contribution in [0.15, 0.2) is 71.1 Å². The summed E-state index contributed by atoms with van der Waals surface area (Å²) in [6.07, 6.45) is 0. The van der Waals surface area contributed by atoms with E-state index in [1.54, 1.807) is 12.1 Å². The van der Waals surface area contributed by atoms with E-state index in [2.05, 4.69) is 22.3 Å². The van der Waals surface area contributed by atoms with Crippen LogP contribution in [0.4, 0.5) is 17.1 Å². The molecule has 4 rings (SSSR count). The zero-order chi connectivity index (χ0) is 14.9. The normalized spacial score (nSPS) is 10.7. The minimum Gasteiger partial charge on any atom is -0.454 e. The second-order valence-electron chi connectivity index (χ2n) is 5.06. The standard InChI is InChI=1S/C19H12N2O/c1-20-13-9-11-14(12-10-13)21-17-7-4-6-16-15-5-2-3-8-18(15)22-19(16)17/h2-12,21H. The Labute approximate surface area is 127 Å². The van der Waals surface area contributed by atoms with Crippen LogP contribution in [-0.4, -0.2) is 0 Å². The Kier molecular flexibility index (Phi) is 2.80. The second-order valence-corrected chi connectivity index (χ2v) is 5.06. The van der Waals surface area contributed by atoms with Gasteiger partial charge in [-0.3, -0.25) is 0 Å². The lowest BCUT2D eigenvalue weighted by Crippen LogP contribution is -1.89. The van der Waals surface area contributed by atoms with Gasteiger partial charge in [-0.1, -0.05) is 42.5 Å². The van der Waals surface area contributed by atoms with Gasteiger partial charge in [-0.15, -0.1) is 0 Å². The summed E-state index contributed by atoms with van der Waals surface area (Å²) >= 11 is 0. The number of anilines is 2. The van der Waals surface area contributed by atoms with Gasteiger partial charge >= 0.3 is 0 Å². The fourth-order valence-electron chi connectivity index (χ4n) is 2.62. The number of benzene rings is 3. The summed E-state index contributed by atoms with van der Waals surface area (Å²) in [7, 11) is 0. The summed E-state index contributed by atoms with van der Waals surface area (Å²) in [4.78, 5) is 3.40. The number of furan rings is 1. The lowest BCUT2D eigenvalue weighted by molar-refractivity contribution is 0.670. The van der Waals surface area contributed by atoms with Crippen LogP contribution in [0.3, 0.4) is 0 Å². The van der Waals surface area contributed by atoms with Crippen LogP contribution < -0.4 is 5.32 Å². The third-order valence-electron chi connectivity index (χ3n) is 3.68. The lowest BCUT2D eigenvalue weighted by atomic mass is 10.1. The molecule has 1 heterocycles. The molecule has 0 radical (unpaired) electrons. The molecule has 3 nitrogen and oxygen atoms in total. The molecular formula is C19H12N2O. The van der Waals surface area contributed by atoms with E-state index in [9.17, 15) is 0 Å². The molecule has 0 fully saturated rings. The van der Waals surface area contributed by atoms with Crippen molar-refractivity contribution in [2.75, 3.05) is 5.32 Å². The lowest BCUT2D eigenvalue weighted by Gasteiger charge is -2.06. The molecule has 0 saturated heterocycles. The van der Waals surface area contributed by atoms with Gasteiger partial charge in [0, 0.05) is 16.5 Å². The minimum absolute atomic E-state index is 0.632. The molecule has 0 aliphatic rings. The van der Waals surface area contributed by atoms with Crippen LogP contribution >= 0.6 is 0 Å². The molecule has 0 aliphatic carbocycles. The van der Waals surface area contributed by atoms with E-state index in [-0.39, 0.29) is 0 Å². The highest BCUT2D eigenvalue weighted by molar-refractivity contribution is 6.09. The van der Waals surface area contributed by atoms with Crippen LogP contribution in [-0.2, 0) is 0 Å². The highest BCUT2D eigenvalue weighted by Crippen LogP contribution is 2.34.